The predicted octanol–water partition coefficient (Wildman–Crippen LogP) is 1.53. The Morgan fingerprint density at radius 1 is 1.75 bits per heavy atom. The van der Waals surface area contributed by atoms with Gasteiger partial charge in [0, 0.05) is 17.1 Å². The third kappa shape index (κ3) is 1.67. The molecule has 0 spiro atoms. The Morgan fingerprint density at radius 3 is 2.75 bits per heavy atom. The zero-order valence-corrected chi connectivity index (χ0v) is 6.25. The quantitative estimate of drug-likeness (QED) is 0.538. The van der Waals surface area contributed by atoms with Gasteiger partial charge < -0.3 is 4.74 Å². The van der Waals surface area contributed by atoms with Crippen molar-refractivity contribution in [2.75, 3.05) is 19.0 Å². The van der Waals surface area contributed by atoms with Crippen LogP contribution >= 0.6 is 11.8 Å². The summed E-state index contributed by atoms with van der Waals surface area (Å²) in [6.07, 6.45) is 0. The molecule has 0 radical (unpaired) electrons. The van der Waals surface area contributed by atoms with Gasteiger partial charge in [-0.15, -0.1) is 0 Å². The molecule has 0 aromatic heterocycles. The molecular weight excluding hydrogens is 120 g/mol. The standard InChI is InChI=1S/C6H12OS/c1-3-7-4-6(2)5-8-6/h3-5H2,1-2H3. The van der Waals surface area contributed by atoms with Crippen LogP contribution in [0.3, 0.4) is 0 Å². The summed E-state index contributed by atoms with van der Waals surface area (Å²) in [5, 5.41) is 0. The predicted molar refractivity (Wildman–Crippen MR) is 37.4 cm³/mol. The molecule has 0 bridgehead atoms. The first-order valence-corrected chi connectivity index (χ1v) is 3.97. The van der Waals surface area contributed by atoms with E-state index in [-0.39, 0.29) is 0 Å². The summed E-state index contributed by atoms with van der Waals surface area (Å²) in [5.74, 6) is 1.28. The molecule has 0 aromatic rings. The first-order chi connectivity index (χ1) is 3.77. The number of hydrogen-bond acceptors (Lipinski definition) is 2. The van der Waals surface area contributed by atoms with Crippen LogP contribution in [0.2, 0.25) is 0 Å². The summed E-state index contributed by atoms with van der Waals surface area (Å²) >= 11 is 1.99. The third-order valence-corrected chi connectivity index (χ3v) is 2.64. The van der Waals surface area contributed by atoms with E-state index in [2.05, 4.69) is 6.92 Å². The van der Waals surface area contributed by atoms with Crippen LogP contribution in [-0.4, -0.2) is 23.7 Å². The van der Waals surface area contributed by atoms with Crippen molar-refractivity contribution >= 4 is 11.8 Å². The van der Waals surface area contributed by atoms with E-state index in [1.165, 1.54) is 5.75 Å². The molecule has 1 atom stereocenters. The summed E-state index contributed by atoms with van der Waals surface area (Å²) in [6.45, 7) is 6.08. The molecule has 0 amide bonds. The Kier molecular flexibility index (Phi) is 1.83. The smallest absolute Gasteiger partial charge is 0.0618 e. The van der Waals surface area contributed by atoms with E-state index in [1.54, 1.807) is 0 Å². The molecular formula is C6H12OS. The highest BCUT2D eigenvalue weighted by Crippen LogP contribution is 2.43. The molecule has 1 nitrogen and oxygen atoms in total. The maximum Gasteiger partial charge on any atom is 0.0618 e. The second-order valence-electron chi connectivity index (χ2n) is 2.38. The van der Waals surface area contributed by atoms with Crippen LogP contribution in [0.5, 0.6) is 0 Å². The lowest BCUT2D eigenvalue weighted by atomic mass is 10.2. The van der Waals surface area contributed by atoms with Crippen LogP contribution in [0.15, 0.2) is 0 Å². The van der Waals surface area contributed by atoms with Crippen molar-refractivity contribution in [1.29, 1.82) is 0 Å². The van der Waals surface area contributed by atoms with Crippen LogP contribution in [0.4, 0.5) is 0 Å². The third-order valence-electron chi connectivity index (χ3n) is 1.25. The molecule has 1 saturated heterocycles. The molecule has 1 heterocycles. The van der Waals surface area contributed by atoms with E-state index in [9.17, 15) is 0 Å². The minimum absolute atomic E-state index is 0.496. The Balaban J connectivity index is 2.01. The van der Waals surface area contributed by atoms with Crippen molar-refractivity contribution < 1.29 is 4.74 Å². The van der Waals surface area contributed by atoms with E-state index < -0.39 is 0 Å². The van der Waals surface area contributed by atoms with Crippen LogP contribution in [0.25, 0.3) is 0 Å². The average Bonchev–Trinajstić information content (AvgIpc) is 2.45. The molecule has 0 saturated carbocycles. The topological polar surface area (TPSA) is 9.23 Å². The monoisotopic (exact) mass is 132 g/mol. The second kappa shape index (κ2) is 2.28. The zero-order chi connectivity index (χ0) is 6.04. The van der Waals surface area contributed by atoms with Crippen LogP contribution in [0, 0.1) is 0 Å². The van der Waals surface area contributed by atoms with Gasteiger partial charge in [-0.05, 0) is 13.8 Å². The van der Waals surface area contributed by atoms with Crippen molar-refractivity contribution in [2.24, 2.45) is 0 Å². The summed E-state index contributed by atoms with van der Waals surface area (Å²) in [5.41, 5.74) is 0. The van der Waals surface area contributed by atoms with Crippen molar-refractivity contribution in [1.82, 2.24) is 0 Å². The molecule has 1 aliphatic heterocycles. The maximum atomic E-state index is 5.24. The highest BCUT2D eigenvalue weighted by molar-refractivity contribution is 8.07. The largest absolute Gasteiger partial charge is 0.380 e. The summed E-state index contributed by atoms with van der Waals surface area (Å²) in [6, 6.07) is 0. The maximum absolute atomic E-state index is 5.24. The van der Waals surface area contributed by atoms with Crippen LogP contribution in [-0.2, 0) is 4.74 Å². The van der Waals surface area contributed by atoms with Crippen molar-refractivity contribution in [3.05, 3.63) is 0 Å². The van der Waals surface area contributed by atoms with Gasteiger partial charge >= 0.3 is 0 Å². The highest BCUT2D eigenvalue weighted by Gasteiger charge is 2.38. The van der Waals surface area contributed by atoms with Crippen LogP contribution in [0.1, 0.15) is 13.8 Å². The fourth-order valence-corrected chi connectivity index (χ4v) is 1.02. The first-order valence-electron chi connectivity index (χ1n) is 2.98. The minimum Gasteiger partial charge on any atom is -0.380 e. The van der Waals surface area contributed by atoms with Gasteiger partial charge in [0.15, 0.2) is 0 Å². The van der Waals surface area contributed by atoms with Gasteiger partial charge in [0.05, 0.1) is 6.61 Å². The van der Waals surface area contributed by atoms with E-state index in [0.717, 1.165) is 13.2 Å². The summed E-state index contributed by atoms with van der Waals surface area (Å²) < 4.78 is 5.74. The second-order valence-corrected chi connectivity index (χ2v) is 3.94. The summed E-state index contributed by atoms with van der Waals surface area (Å²) in [7, 11) is 0. The molecule has 1 unspecified atom stereocenters. The Morgan fingerprint density at radius 2 is 2.38 bits per heavy atom. The van der Waals surface area contributed by atoms with Crippen molar-refractivity contribution in [3.63, 3.8) is 0 Å². The number of ether oxygens (including phenoxy) is 1. The Bertz CT molecular complexity index is 78.6. The van der Waals surface area contributed by atoms with Gasteiger partial charge in [0.1, 0.15) is 0 Å². The molecule has 48 valence electrons. The lowest BCUT2D eigenvalue weighted by Gasteiger charge is -2.03. The lowest BCUT2D eigenvalue weighted by Crippen LogP contribution is -2.12. The van der Waals surface area contributed by atoms with Crippen molar-refractivity contribution in [3.8, 4) is 0 Å². The molecule has 1 rings (SSSR count). The van der Waals surface area contributed by atoms with Crippen LogP contribution < -0.4 is 0 Å². The van der Waals surface area contributed by atoms with E-state index in [4.69, 9.17) is 4.74 Å². The summed E-state index contributed by atoms with van der Waals surface area (Å²) in [4.78, 5) is 0. The molecule has 1 fully saturated rings. The first kappa shape index (κ1) is 6.43. The molecule has 0 aliphatic carbocycles. The molecule has 0 aromatic carbocycles. The van der Waals surface area contributed by atoms with E-state index >= 15 is 0 Å². The normalized spacial score (nSPS) is 35.2. The molecule has 8 heavy (non-hydrogen) atoms. The van der Waals surface area contributed by atoms with Gasteiger partial charge in [0.25, 0.3) is 0 Å². The van der Waals surface area contributed by atoms with Gasteiger partial charge in [0.2, 0.25) is 0 Å². The number of rotatable bonds is 3. The lowest BCUT2D eigenvalue weighted by molar-refractivity contribution is 0.139. The number of hydrogen-bond donors (Lipinski definition) is 0. The van der Waals surface area contributed by atoms with Gasteiger partial charge in [-0.2, -0.15) is 11.8 Å². The average molecular weight is 132 g/mol. The minimum atomic E-state index is 0.496. The molecule has 1 aliphatic rings. The van der Waals surface area contributed by atoms with Gasteiger partial charge in [-0.1, -0.05) is 0 Å². The fourth-order valence-electron chi connectivity index (χ4n) is 0.524. The Hall–Kier alpha value is 0.310. The van der Waals surface area contributed by atoms with Crippen molar-refractivity contribution in [2.45, 2.75) is 18.6 Å². The van der Waals surface area contributed by atoms with Gasteiger partial charge in [-0.25, -0.2) is 0 Å². The SMILES string of the molecule is CCOCC1(C)CS1. The van der Waals surface area contributed by atoms with Gasteiger partial charge in [-0.3, -0.25) is 0 Å². The highest BCUT2D eigenvalue weighted by atomic mass is 32.2. The fraction of sp³-hybridized carbons (Fsp3) is 1.00. The number of thioether (sulfide) groups is 1. The molecule has 0 N–H and O–H groups in total. The van der Waals surface area contributed by atoms with E-state index in [0.29, 0.717) is 4.75 Å². The van der Waals surface area contributed by atoms with E-state index in [1.807, 2.05) is 18.7 Å². The molecule has 2 heteroatoms. The zero-order valence-electron chi connectivity index (χ0n) is 5.44. The Labute approximate surface area is 54.8 Å².